The number of carbonyl (C=O) groups is 3. The number of allylic oxidation sites excluding steroid dienone is 6. The first-order valence-electron chi connectivity index (χ1n) is 29.5. The minimum Gasteiger partial charge on any atom is -0.462 e. The molecule has 0 amide bonds. The molecule has 0 spiro atoms. The lowest BCUT2D eigenvalue weighted by molar-refractivity contribution is -0.167. The predicted octanol–water partition coefficient (Wildman–Crippen LogP) is 19.7. The summed E-state index contributed by atoms with van der Waals surface area (Å²) < 4.78 is 16.9. The second-order valence-corrected chi connectivity index (χ2v) is 19.9. The van der Waals surface area contributed by atoms with Crippen molar-refractivity contribution in [2.45, 2.75) is 322 Å². The average Bonchev–Trinajstić information content (AvgIpc) is 3.33. The van der Waals surface area contributed by atoms with Crippen LogP contribution in [0.15, 0.2) is 36.5 Å². The zero-order valence-electron chi connectivity index (χ0n) is 44.9. The maximum absolute atomic E-state index is 12.8. The highest BCUT2D eigenvalue weighted by molar-refractivity contribution is 5.71. The molecule has 0 fully saturated rings. The first-order valence-corrected chi connectivity index (χ1v) is 29.5. The lowest BCUT2D eigenvalue weighted by atomic mass is 10.0. The van der Waals surface area contributed by atoms with Crippen LogP contribution in [0.3, 0.4) is 0 Å². The first-order chi connectivity index (χ1) is 33.0. The highest BCUT2D eigenvalue weighted by atomic mass is 16.6. The van der Waals surface area contributed by atoms with Crippen LogP contribution in [0.25, 0.3) is 0 Å². The van der Waals surface area contributed by atoms with Gasteiger partial charge in [0, 0.05) is 19.3 Å². The Morgan fingerprint density at radius 3 is 0.836 bits per heavy atom. The van der Waals surface area contributed by atoms with Gasteiger partial charge in [-0.1, -0.05) is 256 Å². The van der Waals surface area contributed by atoms with Crippen molar-refractivity contribution in [2.75, 3.05) is 13.2 Å². The quantitative estimate of drug-likeness (QED) is 0.0262. The van der Waals surface area contributed by atoms with E-state index >= 15 is 0 Å². The van der Waals surface area contributed by atoms with Gasteiger partial charge in [0.15, 0.2) is 6.10 Å². The van der Waals surface area contributed by atoms with Crippen LogP contribution in [-0.4, -0.2) is 37.2 Å². The van der Waals surface area contributed by atoms with Crippen LogP contribution in [0.4, 0.5) is 0 Å². The average molecular weight is 942 g/mol. The zero-order valence-corrected chi connectivity index (χ0v) is 44.9. The topological polar surface area (TPSA) is 78.9 Å². The molecule has 0 aliphatic heterocycles. The molecule has 0 aliphatic carbocycles. The number of unbranched alkanes of at least 4 members (excludes halogenated alkanes) is 37. The highest BCUT2D eigenvalue weighted by Crippen LogP contribution is 2.16. The fraction of sp³-hybridized carbons (Fsp3) is 0.852. The van der Waals surface area contributed by atoms with Crippen molar-refractivity contribution in [3.8, 4) is 0 Å². The third-order valence-electron chi connectivity index (χ3n) is 13.1. The second kappa shape index (κ2) is 56.2. The number of rotatable bonds is 54. The molecule has 392 valence electrons. The molecule has 0 saturated carbocycles. The minimum atomic E-state index is -0.773. The molecule has 0 N–H and O–H groups in total. The standard InChI is InChI=1S/C61H112O6/c1-4-7-10-13-16-19-22-24-26-27-28-29-30-31-32-33-35-36-39-42-45-48-51-54-60(63)66-57-58(56-65-59(62)53-50-47-44-41-38-21-18-15-12-9-6-3)67-61(64)55-52-49-46-43-40-37-34-25-23-20-17-14-11-8-5-2/h22,24-25,27-28,34,58H,4-21,23,26,29-33,35-57H2,1-3H3/b24-22-,28-27-,34-25-. The van der Waals surface area contributed by atoms with Crippen molar-refractivity contribution in [1.82, 2.24) is 0 Å². The molecular formula is C61H112O6. The van der Waals surface area contributed by atoms with Crippen molar-refractivity contribution >= 4 is 17.9 Å². The molecule has 0 aromatic carbocycles. The predicted molar refractivity (Wildman–Crippen MR) is 289 cm³/mol. The molecule has 0 aliphatic rings. The Morgan fingerprint density at radius 1 is 0.299 bits per heavy atom. The van der Waals surface area contributed by atoms with Crippen molar-refractivity contribution in [3.63, 3.8) is 0 Å². The molecule has 0 aromatic rings. The van der Waals surface area contributed by atoms with E-state index in [-0.39, 0.29) is 31.1 Å². The molecule has 67 heavy (non-hydrogen) atoms. The van der Waals surface area contributed by atoms with Gasteiger partial charge >= 0.3 is 17.9 Å². The number of carbonyl (C=O) groups excluding carboxylic acids is 3. The molecule has 0 aromatic heterocycles. The van der Waals surface area contributed by atoms with Gasteiger partial charge in [-0.3, -0.25) is 14.4 Å². The van der Waals surface area contributed by atoms with Gasteiger partial charge in [0.1, 0.15) is 13.2 Å². The molecule has 0 bridgehead atoms. The normalized spacial score (nSPS) is 12.2. The van der Waals surface area contributed by atoms with E-state index in [1.54, 1.807) is 0 Å². The van der Waals surface area contributed by atoms with E-state index in [1.165, 1.54) is 205 Å². The third kappa shape index (κ3) is 54.4. The summed E-state index contributed by atoms with van der Waals surface area (Å²) in [7, 11) is 0. The van der Waals surface area contributed by atoms with E-state index in [0.717, 1.165) is 70.6 Å². The summed E-state index contributed by atoms with van der Waals surface area (Å²) in [5.41, 5.74) is 0. The van der Waals surface area contributed by atoms with Gasteiger partial charge in [-0.15, -0.1) is 0 Å². The van der Waals surface area contributed by atoms with Crippen molar-refractivity contribution < 1.29 is 28.6 Å². The molecule has 0 radical (unpaired) electrons. The maximum Gasteiger partial charge on any atom is 0.306 e. The largest absolute Gasteiger partial charge is 0.462 e. The SMILES string of the molecule is CCCCCCC/C=C\C/C=C\CCCCCCCCCCCCCC(=O)OCC(COC(=O)CCCCCCCCCCCCC)OC(=O)CCCCCCC/C=C\CCCCCCCC. The van der Waals surface area contributed by atoms with Gasteiger partial charge in [-0.25, -0.2) is 0 Å². The van der Waals surface area contributed by atoms with Gasteiger partial charge in [0.2, 0.25) is 0 Å². The Hall–Kier alpha value is -2.37. The smallest absolute Gasteiger partial charge is 0.306 e. The van der Waals surface area contributed by atoms with Crippen LogP contribution >= 0.6 is 0 Å². The summed E-state index contributed by atoms with van der Waals surface area (Å²) in [6.45, 7) is 6.65. The molecular weight excluding hydrogens is 829 g/mol. The van der Waals surface area contributed by atoms with Gasteiger partial charge in [-0.05, 0) is 77.0 Å². The Bertz CT molecular complexity index is 1130. The Morgan fingerprint density at radius 2 is 0.537 bits per heavy atom. The fourth-order valence-electron chi connectivity index (χ4n) is 8.65. The van der Waals surface area contributed by atoms with Crippen LogP contribution in [0, 0.1) is 0 Å². The van der Waals surface area contributed by atoms with Crippen LogP contribution in [0.2, 0.25) is 0 Å². The van der Waals surface area contributed by atoms with E-state index in [2.05, 4.69) is 57.2 Å². The number of ether oxygens (including phenoxy) is 3. The molecule has 6 nitrogen and oxygen atoms in total. The highest BCUT2D eigenvalue weighted by Gasteiger charge is 2.19. The van der Waals surface area contributed by atoms with E-state index < -0.39 is 6.10 Å². The Labute approximate surface area is 416 Å². The van der Waals surface area contributed by atoms with Crippen molar-refractivity contribution in [3.05, 3.63) is 36.5 Å². The summed E-state index contributed by atoms with van der Waals surface area (Å²) in [5, 5.41) is 0. The molecule has 1 unspecified atom stereocenters. The summed E-state index contributed by atoms with van der Waals surface area (Å²) in [6.07, 6.45) is 67.1. The number of esters is 3. The summed E-state index contributed by atoms with van der Waals surface area (Å²) in [4.78, 5) is 38.1. The maximum atomic E-state index is 12.8. The van der Waals surface area contributed by atoms with E-state index in [9.17, 15) is 14.4 Å². The Balaban J connectivity index is 4.26. The molecule has 1 atom stereocenters. The summed E-state index contributed by atoms with van der Waals surface area (Å²) in [6, 6.07) is 0. The lowest BCUT2D eigenvalue weighted by Gasteiger charge is -2.18. The van der Waals surface area contributed by atoms with Crippen molar-refractivity contribution in [1.29, 1.82) is 0 Å². The van der Waals surface area contributed by atoms with Gasteiger partial charge in [0.05, 0.1) is 0 Å². The van der Waals surface area contributed by atoms with Gasteiger partial charge < -0.3 is 14.2 Å². The van der Waals surface area contributed by atoms with E-state index in [4.69, 9.17) is 14.2 Å². The Kier molecular flexibility index (Phi) is 54.2. The zero-order chi connectivity index (χ0) is 48.6. The fourth-order valence-corrected chi connectivity index (χ4v) is 8.65. The van der Waals surface area contributed by atoms with E-state index in [1.807, 2.05) is 0 Å². The molecule has 0 heterocycles. The lowest BCUT2D eigenvalue weighted by Crippen LogP contribution is -2.30. The monoisotopic (exact) mass is 941 g/mol. The first kappa shape index (κ1) is 64.6. The molecule has 6 heteroatoms. The molecule has 0 saturated heterocycles. The third-order valence-corrected chi connectivity index (χ3v) is 13.1. The number of hydrogen-bond donors (Lipinski definition) is 0. The minimum absolute atomic E-state index is 0.0724. The summed E-state index contributed by atoms with van der Waals surface area (Å²) in [5.74, 6) is -0.867. The summed E-state index contributed by atoms with van der Waals surface area (Å²) >= 11 is 0. The number of hydrogen-bond acceptors (Lipinski definition) is 6. The van der Waals surface area contributed by atoms with Gasteiger partial charge in [0.25, 0.3) is 0 Å². The second-order valence-electron chi connectivity index (χ2n) is 19.9. The van der Waals surface area contributed by atoms with Crippen LogP contribution < -0.4 is 0 Å². The van der Waals surface area contributed by atoms with E-state index in [0.29, 0.717) is 19.3 Å². The van der Waals surface area contributed by atoms with Crippen LogP contribution in [0.1, 0.15) is 316 Å². The van der Waals surface area contributed by atoms with Crippen LogP contribution in [0.5, 0.6) is 0 Å². The van der Waals surface area contributed by atoms with Crippen LogP contribution in [-0.2, 0) is 28.6 Å². The van der Waals surface area contributed by atoms with Gasteiger partial charge in [-0.2, -0.15) is 0 Å². The van der Waals surface area contributed by atoms with Crippen molar-refractivity contribution in [2.24, 2.45) is 0 Å². The molecule has 0 rings (SSSR count).